The highest BCUT2D eigenvalue weighted by atomic mass is 35.5. The fourth-order valence-corrected chi connectivity index (χ4v) is 4.30. The average molecular weight is 466 g/mol. The molecule has 0 fully saturated rings. The quantitative estimate of drug-likeness (QED) is 0.357. The second-order valence-corrected chi connectivity index (χ2v) is 9.11. The molecule has 4 rings (SSSR count). The Kier molecular flexibility index (Phi) is 6.17. The summed E-state index contributed by atoms with van der Waals surface area (Å²) in [5, 5.41) is 1.11. The van der Waals surface area contributed by atoms with Crippen molar-refractivity contribution in [3.05, 3.63) is 64.8 Å². The lowest BCUT2D eigenvalue weighted by Crippen LogP contribution is -2.31. The lowest BCUT2D eigenvalue weighted by atomic mass is 9.95. The van der Waals surface area contributed by atoms with Crippen molar-refractivity contribution in [3.8, 4) is 0 Å². The number of anilines is 1. The van der Waals surface area contributed by atoms with Crippen molar-refractivity contribution in [1.29, 1.82) is 0 Å². The van der Waals surface area contributed by atoms with Crippen LogP contribution in [0.25, 0.3) is 11.0 Å². The molecule has 1 unspecified atom stereocenters. The molecule has 3 aromatic rings. The van der Waals surface area contributed by atoms with Crippen molar-refractivity contribution >= 4 is 46.1 Å². The van der Waals surface area contributed by atoms with E-state index >= 15 is 0 Å². The van der Waals surface area contributed by atoms with Gasteiger partial charge < -0.3 is 4.74 Å². The highest BCUT2D eigenvalue weighted by molar-refractivity contribution is 6.29. The van der Waals surface area contributed by atoms with Crippen LogP contribution in [-0.4, -0.2) is 33.2 Å². The van der Waals surface area contributed by atoms with Crippen LogP contribution in [0.1, 0.15) is 62.0 Å². The van der Waals surface area contributed by atoms with Crippen LogP contribution < -0.4 is 4.90 Å². The minimum Gasteiger partial charge on any atom is -0.460 e. The summed E-state index contributed by atoms with van der Waals surface area (Å²) in [5.41, 5.74) is 1.03. The number of ether oxygens (including phenoxy) is 1. The van der Waals surface area contributed by atoms with Crippen molar-refractivity contribution in [3.63, 3.8) is 0 Å². The summed E-state index contributed by atoms with van der Waals surface area (Å²) in [4.78, 5) is 47.9. The molecule has 170 valence electrons. The van der Waals surface area contributed by atoms with E-state index in [1.807, 2.05) is 24.3 Å². The Labute approximate surface area is 196 Å². The summed E-state index contributed by atoms with van der Waals surface area (Å²) >= 11 is 6.03. The number of hydrogen-bond donors (Lipinski definition) is 0. The molecule has 33 heavy (non-hydrogen) atoms. The monoisotopic (exact) mass is 465 g/mol. The van der Waals surface area contributed by atoms with Crippen LogP contribution in [0.2, 0.25) is 5.15 Å². The topological polar surface area (TPSA) is 89.5 Å². The Bertz CT molecular complexity index is 1260. The van der Waals surface area contributed by atoms with Gasteiger partial charge in [0.25, 0.3) is 5.91 Å². The van der Waals surface area contributed by atoms with Gasteiger partial charge in [-0.05, 0) is 56.2 Å². The van der Waals surface area contributed by atoms with E-state index in [-0.39, 0.29) is 30.5 Å². The van der Waals surface area contributed by atoms with Gasteiger partial charge in [-0.2, -0.15) is 0 Å². The first kappa shape index (κ1) is 22.9. The number of nitrogens with zero attached hydrogens (tertiary/aromatic N) is 3. The van der Waals surface area contributed by atoms with Gasteiger partial charge in [0.15, 0.2) is 5.65 Å². The normalized spacial score (nSPS) is 15.6. The predicted octanol–water partition coefficient (Wildman–Crippen LogP) is 5.07. The largest absolute Gasteiger partial charge is 0.460 e. The number of ketones is 1. The standard InChI is InChI=1S/C25H24ClN3O4/c1-15(30)33-25(2,3)13-12-17(31)14-20-18-6-4-5-7-19(18)24(32)29(20)22-11-9-16-8-10-21(26)27-23(16)28-22/h4-11,20H,12-14H2,1-3H3. The smallest absolute Gasteiger partial charge is 0.303 e. The van der Waals surface area contributed by atoms with Gasteiger partial charge in [0.1, 0.15) is 22.4 Å². The molecule has 0 aliphatic carbocycles. The SMILES string of the molecule is CC(=O)OC(C)(C)CCC(=O)CC1c2ccccc2C(=O)N1c1ccc2ccc(Cl)nc2n1. The number of rotatable bonds is 7. The van der Waals surface area contributed by atoms with Crippen molar-refractivity contribution in [2.75, 3.05) is 4.90 Å². The van der Waals surface area contributed by atoms with Crippen LogP contribution in [0.4, 0.5) is 5.82 Å². The van der Waals surface area contributed by atoms with Crippen LogP contribution in [-0.2, 0) is 14.3 Å². The van der Waals surface area contributed by atoms with Crippen molar-refractivity contribution < 1.29 is 19.1 Å². The summed E-state index contributed by atoms with van der Waals surface area (Å²) < 4.78 is 5.29. The number of esters is 1. The minimum absolute atomic E-state index is 0.0308. The fourth-order valence-electron chi connectivity index (χ4n) is 4.16. The Morgan fingerprint density at radius 1 is 1.09 bits per heavy atom. The number of carbonyl (C=O) groups is 3. The molecule has 0 saturated heterocycles. The summed E-state index contributed by atoms with van der Waals surface area (Å²) in [7, 11) is 0. The fraction of sp³-hybridized carbons (Fsp3) is 0.320. The molecule has 0 bridgehead atoms. The third kappa shape index (κ3) is 4.88. The first-order valence-corrected chi connectivity index (χ1v) is 11.1. The van der Waals surface area contributed by atoms with Gasteiger partial charge in [0, 0.05) is 30.7 Å². The molecule has 0 radical (unpaired) electrons. The van der Waals surface area contributed by atoms with E-state index in [2.05, 4.69) is 9.97 Å². The van der Waals surface area contributed by atoms with Crippen molar-refractivity contribution in [2.24, 2.45) is 0 Å². The maximum atomic E-state index is 13.3. The minimum atomic E-state index is -0.741. The maximum absolute atomic E-state index is 13.3. The van der Waals surface area contributed by atoms with Gasteiger partial charge in [0.2, 0.25) is 0 Å². The van der Waals surface area contributed by atoms with E-state index in [0.29, 0.717) is 28.6 Å². The van der Waals surface area contributed by atoms with Gasteiger partial charge in [-0.3, -0.25) is 19.3 Å². The maximum Gasteiger partial charge on any atom is 0.303 e. The number of fused-ring (bicyclic) bond motifs is 2. The Morgan fingerprint density at radius 2 is 1.82 bits per heavy atom. The molecule has 3 heterocycles. The van der Waals surface area contributed by atoms with E-state index in [1.165, 1.54) is 6.92 Å². The van der Waals surface area contributed by atoms with Gasteiger partial charge in [-0.25, -0.2) is 9.97 Å². The van der Waals surface area contributed by atoms with Crippen LogP contribution in [0.5, 0.6) is 0 Å². The number of Topliss-reactive ketones (excluding diaryl/α,β-unsaturated/α-hetero) is 1. The summed E-state index contributed by atoms with van der Waals surface area (Å²) in [6, 6.07) is 13.9. The van der Waals surface area contributed by atoms with Crippen LogP contribution >= 0.6 is 11.6 Å². The lowest BCUT2D eigenvalue weighted by Gasteiger charge is -2.26. The van der Waals surface area contributed by atoms with Gasteiger partial charge >= 0.3 is 5.97 Å². The first-order chi connectivity index (χ1) is 15.6. The molecule has 0 saturated carbocycles. The average Bonchev–Trinajstić information content (AvgIpc) is 3.03. The first-order valence-electron chi connectivity index (χ1n) is 10.7. The molecule has 2 aromatic heterocycles. The van der Waals surface area contributed by atoms with Gasteiger partial charge in [-0.1, -0.05) is 29.8 Å². The molecular formula is C25H24ClN3O4. The molecule has 0 spiro atoms. The number of aromatic nitrogens is 2. The molecule has 0 N–H and O–H groups in total. The Morgan fingerprint density at radius 3 is 2.58 bits per heavy atom. The number of benzene rings is 1. The highest BCUT2D eigenvalue weighted by Crippen LogP contribution is 2.39. The lowest BCUT2D eigenvalue weighted by molar-refractivity contribution is -0.154. The van der Waals surface area contributed by atoms with E-state index < -0.39 is 11.6 Å². The van der Waals surface area contributed by atoms with Crippen molar-refractivity contribution in [2.45, 2.75) is 51.7 Å². The van der Waals surface area contributed by atoms with Gasteiger partial charge in [0.05, 0.1) is 6.04 Å². The molecule has 1 aliphatic rings. The molecule has 1 amide bonds. The molecule has 1 atom stereocenters. The second kappa shape index (κ2) is 8.90. The predicted molar refractivity (Wildman–Crippen MR) is 125 cm³/mol. The number of halogens is 1. The third-order valence-electron chi connectivity index (χ3n) is 5.68. The Balaban J connectivity index is 1.62. The van der Waals surface area contributed by atoms with Crippen LogP contribution in [0.3, 0.4) is 0 Å². The van der Waals surface area contributed by atoms with E-state index in [9.17, 15) is 14.4 Å². The Hall–Kier alpha value is -3.32. The van der Waals surface area contributed by atoms with E-state index in [0.717, 1.165) is 10.9 Å². The number of amides is 1. The van der Waals surface area contributed by atoms with Crippen molar-refractivity contribution in [1.82, 2.24) is 9.97 Å². The molecule has 1 aliphatic heterocycles. The number of hydrogen-bond acceptors (Lipinski definition) is 6. The molecule has 8 heteroatoms. The summed E-state index contributed by atoms with van der Waals surface area (Å²) in [6.45, 7) is 4.90. The number of carbonyl (C=O) groups excluding carboxylic acids is 3. The number of pyridine rings is 2. The zero-order chi connectivity index (χ0) is 23.8. The molecule has 7 nitrogen and oxygen atoms in total. The molecular weight excluding hydrogens is 442 g/mol. The second-order valence-electron chi connectivity index (χ2n) is 8.72. The van der Waals surface area contributed by atoms with E-state index in [4.69, 9.17) is 16.3 Å². The summed E-state index contributed by atoms with van der Waals surface area (Å²) in [5.74, 6) is -0.212. The molecule has 1 aromatic carbocycles. The zero-order valence-electron chi connectivity index (χ0n) is 18.7. The summed E-state index contributed by atoms with van der Waals surface area (Å²) in [6.07, 6.45) is 0.745. The van der Waals surface area contributed by atoms with E-state index in [1.54, 1.807) is 43.0 Å². The van der Waals surface area contributed by atoms with Gasteiger partial charge in [-0.15, -0.1) is 0 Å². The third-order valence-corrected chi connectivity index (χ3v) is 5.89. The van der Waals surface area contributed by atoms with Crippen LogP contribution in [0, 0.1) is 0 Å². The zero-order valence-corrected chi connectivity index (χ0v) is 19.4. The highest BCUT2D eigenvalue weighted by Gasteiger charge is 2.39. The van der Waals surface area contributed by atoms with Crippen LogP contribution in [0.15, 0.2) is 48.5 Å².